The van der Waals surface area contributed by atoms with Gasteiger partial charge in [0.1, 0.15) is 12.4 Å². The fourth-order valence-corrected chi connectivity index (χ4v) is 3.82. The molecule has 0 saturated carbocycles. The molecule has 6 heteroatoms. The zero-order valence-electron chi connectivity index (χ0n) is 16.6. The molecule has 2 atom stereocenters. The van der Waals surface area contributed by atoms with Crippen LogP contribution >= 0.6 is 24.0 Å². The molecule has 27 heavy (non-hydrogen) atoms. The van der Waals surface area contributed by atoms with Crippen molar-refractivity contribution in [3.63, 3.8) is 0 Å². The smallest absolute Gasteiger partial charge is 0.194 e. The van der Waals surface area contributed by atoms with E-state index >= 15 is 0 Å². The molecule has 1 aliphatic rings. The van der Waals surface area contributed by atoms with Crippen LogP contribution < -0.4 is 5.32 Å². The fraction of sp³-hybridized carbons (Fsp3) is 0.524. The minimum Gasteiger partial charge on any atom is -0.357 e. The van der Waals surface area contributed by atoms with Gasteiger partial charge in [-0.2, -0.15) is 0 Å². The van der Waals surface area contributed by atoms with Crippen LogP contribution in [0.3, 0.4) is 0 Å². The van der Waals surface area contributed by atoms with Crippen LogP contribution in [-0.2, 0) is 13.1 Å². The Hall–Kier alpha value is -1.57. The van der Waals surface area contributed by atoms with Gasteiger partial charge in [-0.05, 0) is 30.7 Å². The SMILES string of the molecule is CCNC(=NCc1nccn1Cc1ccccc1)N1CC(C)CC(C)C1.I. The third kappa shape index (κ3) is 6.23. The summed E-state index contributed by atoms with van der Waals surface area (Å²) in [4.78, 5) is 11.8. The number of halogens is 1. The van der Waals surface area contributed by atoms with Gasteiger partial charge in [0.05, 0.1) is 0 Å². The summed E-state index contributed by atoms with van der Waals surface area (Å²) >= 11 is 0. The second kappa shape index (κ2) is 10.7. The molecular formula is C21H32IN5. The van der Waals surface area contributed by atoms with Crippen LogP contribution in [0.5, 0.6) is 0 Å². The predicted molar refractivity (Wildman–Crippen MR) is 123 cm³/mol. The van der Waals surface area contributed by atoms with Gasteiger partial charge in [-0.15, -0.1) is 24.0 Å². The van der Waals surface area contributed by atoms with Gasteiger partial charge in [-0.1, -0.05) is 44.2 Å². The molecule has 0 amide bonds. The van der Waals surface area contributed by atoms with E-state index in [0.29, 0.717) is 18.4 Å². The lowest BCUT2D eigenvalue weighted by atomic mass is 9.92. The molecule has 2 aromatic rings. The number of benzene rings is 1. The monoisotopic (exact) mass is 481 g/mol. The highest BCUT2D eigenvalue weighted by Gasteiger charge is 2.24. The van der Waals surface area contributed by atoms with E-state index in [-0.39, 0.29) is 24.0 Å². The van der Waals surface area contributed by atoms with Crippen LogP contribution in [0.1, 0.15) is 38.6 Å². The Labute approximate surface area is 180 Å². The number of aliphatic imine (C=N–C) groups is 1. The lowest BCUT2D eigenvalue weighted by molar-refractivity contribution is 0.208. The van der Waals surface area contributed by atoms with Gasteiger partial charge in [-0.25, -0.2) is 9.98 Å². The van der Waals surface area contributed by atoms with E-state index in [0.717, 1.165) is 38.0 Å². The Balaban J connectivity index is 0.00000261. The van der Waals surface area contributed by atoms with Crippen LogP contribution in [0.25, 0.3) is 0 Å². The quantitative estimate of drug-likeness (QED) is 0.399. The van der Waals surface area contributed by atoms with E-state index < -0.39 is 0 Å². The Morgan fingerprint density at radius 2 is 1.89 bits per heavy atom. The van der Waals surface area contributed by atoms with E-state index in [2.05, 4.69) is 64.8 Å². The number of likely N-dealkylation sites (tertiary alicyclic amines) is 1. The molecule has 1 saturated heterocycles. The molecule has 1 N–H and O–H groups in total. The molecule has 0 radical (unpaired) electrons. The van der Waals surface area contributed by atoms with Crippen LogP contribution in [-0.4, -0.2) is 40.0 Å². The van der Waals surface area contributed by atoms with Crippen molar-refractivity contribution in [2.75, 3.05) is 19.6 Å². The lowest BCUT2D eigenvalue weighted by Gasteiger charge is -2.37. The average Bonchev–Trinajstić information content (AvgIpc) is 3.05. The molecule has 2 unspecified atom stereocenters. The first-order valence-electron chi connectivity index (χ1n) is 9.73. The van der Waals surface area contributed by atoms with Crippen molar-refractivity contribution in [1.82, 2.24) is 19.8 Å². The van der Waals surface area contributed by atoms with Gasteiger partial charge >= 0.3 is 0 Å². The van der Waals surface area contributed by atoms with Gasteiger partial charge in [-0.3, -0.25) is 0 Å². The summed E-state index contributed by atoms with van der Waals surface area (Å²) in [6.07, 6.45) is 5.21. The number of aromatic nitrogens is 2. The van der Waals surface area contributed by atoms with Crippen molar-refractivity contribution >= 4 is 29.9 Å². The average molecular weight is 481 g/mol. The molecular weight excluding hydrogens is 449 g/mol. The number of nitrogens with zero attached hydrogens (tertiary/aromatic N) is 4. The number of nitrogens with one attached hydrogen (secondary N) is 1. The van der Waals surface area contributed by atoms with Crippen molar-refractivity contribution in [3.8, 4) is 0 Å². The Kier molecular flexibility index (Phi) is 8.60. The van der Waals surface area contributed by atoms with Gasteiger partial charge < -0.3 is 14.8 Å². The molecule has 1 aromatic heterocycles. The first kappa shape index (κ1) is 21.7. The molecule has 0 bridgehead atoms. The number of rotatable bonds is 5. The minimum absolute atomic E-state index is 0. The molecule has 1 aromatic carbocycles. The zero-order chi connectivity index (χ0) is 18.4. The second-order valence-electron chi connectivity index (χ2n) is 7.48. The summed E-state index contributed by atoms with van der Waals surface area (Å²) < 4.78 is 2.18. The zero-order valence-corrected chi connectivity index (χ0v) is 19.0. The number of hydrogen-bond donors (Lipinski definition) is 1. The van der Waals surface area contributed by atoms with Crippen molar-refractivity contribution < 1.29 is 0 Å². The largest absolute Gasteiger partial charge is 0.357 e. The van der Waals surface area contributed by atoms with Crippen molar-refractivity contribution in [3.05, 3.63) is 54.1 Å². The fourth-order valence-electron chi connectivity index (χ4n) is 3.82. The van der Waals surface area contributed by atoms with Gasteiger partial charge in [0.2, 0.25) is 0 Å². The highest BCUT2D eigenvalue weighted by Crippen LogP contribution is 2.21. The van der Waals surface area contributed by atoms with E-state index in [1.807, 2.05) is 18.5 Å². The number of imidazole rings is 1. The summed E-state index contributed by atoms with van der Waals surface area (Å²) in [7, 11) is 0. The van der Waals surface area contributed by atoms with Crippen LogP contribution in [0, 0.1) is 11.8 Å². The van der Waals surface area contributed by atoms with Crippen LogP contribution in [0.15, 0.2) is 47.7 Å². The topological polar surface area (TPSA) is 45.5 Å². The standard InChI is InChI=1S/C21H31N5.HI/c1-4-22-21(26-14-17(2)12-18(3)15-26)24-13-20-23-10-11-25(20)16-19-8-6-5-7-9-19;/h5-11,17-18H,4,12-16H2,1-3H3,(H,22,24);1H. The van der Waals surface area contributed by atoms with E-state index in [4.69, 9.17) is 4.99 Å². The Morgan fingerprint density at radius 1 is 1.19 bits per heavy atom. The summed E-state index contributed by atoms with van der Waals surface area (Å²) in [5.74, 6) is 3.44. The van der Waals surface area contributed by atoms with E-state index in [1.54, 1.807) is 0 Å². The lowest BCUT2D eigenvalue weighted by Crippen LogP contribution is -2.48. The molecule has 1 aliphatic heterocycles. The van der Waals surface area contributed by atoms with Gasteiger partial charge in [0.25, 0.3) is 0 Å². The van der Waals surface area contributed by atoms with Gasteiger partial charge in [0, 0.05) is 38.6 Å². The number of guanidine groups is 1. The minimum atomic E-state index is 0. The molecule has 2 heterocycles. The third-order valence-corrected chi connectivity index (χ3v) is 4.87. The maximum atomic E-state index is 4.90. The van der Waals surface area contributed by atoms with E-state index in [9.17, 15) is 0 Å². The molecule has 148 valence electrons. The molecule has 0 spiro atoms. The third-order valence-electron chi connectivity index (χ3n) is 4.87. The van der Waals surface area contributed by atoms with Gasteiger partial charge in [0.15, 0.2) is 5.96 Å². The first-order valence-corrected chi connectivity index (χ1v) is 9.73. The number of hydrogen-bond acceptors (Lipinski definition) is 2. The molecule has 3 rings (SSSR count). The first-order chi connectivity index (χ1) is 12.7. The molecule has 0 aliphatic carbocycles. The predicted octanol–water partition coefficient (Wildman–Crippen LogP) is 3.99. The number of piperidine rings is 1. The van der Waals surface area contributed by atoms with Crippen LogP contribution in [0.2, 0.25) is 0 Å². The van der Waals surface area contributed by atoms with Crippen molar-refractivity contribution in [2.24, 2.45) is 16.8 Å². The highest BCUT2D eigenvalue weighted by molar-refractivity contribution is 14.0. The second-order valence-corrected chi connectivity index (χ2v) is 7.48. The van der Waals surface area contributed by atoms with E-state index in [1.165, 1.54) is 12.0 Å². The van der Waals surface area contributed by atoms with Crippen molar-refractivity contribution in [1.29, 1.82) is 0 Å². The highest BCUT2D eigenvalue weighted by atomic mass is 127. The maximum Gasteiger partial charge on any atom is 0.194 e. The summed E-state index contributed by atoms with van der Waals surface area (Å²) in [6.45, 7) is 11.3. The normalized spacial score (nSPS) is 20.3. The summed E-state index contributed by atoms with van der Waals surface area (Å²) in [6, 6.07) is 10.5. The molecule has 1 fully saturated rings. The molecule has 5 nitrogen and oxygen atoms in total. The Morgan fingerprint density at radius 3 is 2.56 bits per heavy atom. The Bertz CT molecular complexity index is 702. The maximum absolute atomic E-state index is 4.90. The van der Waals surface area contributed by atoms with Crippen LogP contribution in [0.4, 0.5) is 0 Å². The summed E-state index contributed by atoms with van der Waals surface area (Å²) in [5.41, 5.74) is 1.28. The van der Waals surface area contributed by atoms with Crippen molar-refractivity contribution in [2.45, 2.75) is 40.3 Å². The summed E-state index contributed by atoms with van der Waals surface area (Å²) in [5, 5.41) is 3.46.